The zero-order chi connectivity index (χ0) is 13.4. The summed E-state index contributed by atoms with van der Waals surface area (Å²) >= 11 is 0. The van der Waals surface area contributed by atoms with E-state index < -0.39 is 5.91 Å². The Labute approximate surface area is 111 Å². The van der Waals surface area contributed by atoms with E-state index in [0.29, 0.717) is 11.5 Å². The van der Waals surface area contributed by atoms with Crippen LogP contribution in [0.2, 0.25) is 0 Å². The van der Waals surface area contributed by atoms with Crippen molar-refractivity contribution in [2.75, 3.05) is 13.1 Å². The van der Waals surface area contributed by atoms with E-state index in [-0.39, 0.29) is 0 Å². The molecular formula is C14H18N4O. The van der Waals surface area contributed by atoms with Crippen molar-refractivity contribution >= 4 is 16.9 Å². The summed E-state index contributed by atoms with van der Waals surface area (Å²) < 4.78 is 2.09. The van der Waals surface area contributed by atoms with Crippen molar-refractivity contribution in [3.8, 4) is 0 Å². The molecule has 0 saturated carbocycles. The number of nitrogens with zero attached hydrogens (tertiary/aromatic N) is 2. The van der Waals surface area contributed by atoms with E-state index in [9.17, 15) is 4.79 Å². The Morgan fingerprint density at radius 3 is 2.84 bits per heavy atom. The molecule has 100 valence electrons. The number of carbonyl (C=O) groups excluding carboxylic acids is 1. The van der Waals surface area contributed by atoms with Gasteiger partial charge in [-0.05, 0) is 38.1 Å². The van der Waals surface area contributed by atoms with Crippen molar-refractivity contribution in [1.29, 1.82) is 0 Å². The highest BCUT2D eigenvalue weighted by Crippen LogP contribution is 2.28. The molecule has 0 unspecified atom stereocenters. The van der Waals surface area contributed by atoms with Crippen LogP contribution in [0.15, 0.2) is 18.2 Å². The highest BCUT2D eigenvalue weighted by Gasteiger charge is 2.22. The highest BCUT2D eigenvalue weighted by molar-refractivity contribution is 6.04. The molecule has 2 aromatic rings. The molecule has 0 aliphatic carbocycles. The van der Waals surface area contributed by atoms with Crippen LogP contribution in [0.3, 0.4) is 0 Å². The van der Waals surface area contributed by atoms with Crippen LogP contribution in [0.4, 0.5) is 0 Å². The summed E-state index contributed by atoms with van der Waals surface area (Å²) in [5.41, 5.74) is 7.63. The molecule has 1 aromatic carbocycles. The number of para-hydroxylation sites is 1. The lowest BCUT2D eigenvalue weighted by Crippen LogP contribution is -2.27. The first-order chi connectivity index (χ1) is 9.18. The standard InChI is InChI=1S/C14H18N4O/c1-18-11-4-2-3-10(13(15)19)12(11)17-14(18)9-5-7-16-8-6-9/h2-4,9,16H,5-8H2,1H3,(H2,15,19). The molecule has 2 heterocycles. The van der Waals surface area contributed by atoms with Gasteiger partial charge in [-0.25, -0.2) is 4.98 Å². The van der Waals surface area contributed by atoms with Crippen molar-refractivity contribution in [2.24, 2.45) is 12.8 Å². The number of piperidine rings is 1. The Bertz CT molecular complexity index is 626. The lowest BCUT2D eigenvalue weighted by atomic mass is 9.97. The van der Waals surface area contributed by atoms with E-state index in [4.69, 9.17) is 10.7 Å². The van der Waals surface area contributed by atoms with Gasteiger partial charge in [0.1, 0.15) is 11.3 Å². The largest absolute Gasteiger partial charge is 0.366 e. The lowest BCUT2D eigenvalue weighted by Gasteiger charge is -2.22. The normalized spacial score (nSPS) is 16.9. The topological polar surface area (TPSA) is 72.9 Å². The number of nitrogens with one attached hydrogen (secondary N) is 1. The number of nitrogens with two attached hydrogens (primary N) is 1. The van der Waals surface area contributed by atoms with Gasteiger partial charge >= 0.3 is 0 Å². The van der Waals surface area contributed by atoms with Gasteiger partial charge < -0.3 is 15.6 Å². The van der Waals surface area contributed by atoms with Crippen LogP contribution in [0.25, 0.3) is 11.0 Å². The number of fused-ring (bicyclic) bond motifs is 1. The molecule has 0 bridgehead atoms. The van der Waals surface area contributed by atoms with Gasteiger partial charge in [-0.3, -0.25) is 4.79 Å². The fourth-order valence-electron chi connectivity index (χ4n) is 2.88. The Hall–Kier alpha value is -1.88. The van der Waals surface area contributed by atoms with Crippen LogP contribution in [-0.4, -0.2) is 28.5 Å². The maximum Gasteiger partial charge on any atom is 0.250 e. The predicted octanol–water partition coefficient (Wildman–Crippen LogP) is 1.14. The van der Waals surface area contributed by atoms with Crippen molar-refractivity contribution in [2.45, 2.75) is 18.8 Å². The van der Waals surface area contributed by atoms with E-state index >= 15 is 0 Å². The average Bonchev–Trinajstić information content (AvgIpc) is 2.77. The van der Waals surface area contributed by atoms with Gasteiger partial charge in [-0.15, -0.1) is 0 Å². The third kappa shape index (κ3) is 2.00. The second-order valence-corrected chi connectivity index (χ2v) is 5.09. The minimum atomic E-state index is -0.416. The smallest absolute Gasteiger partial charge is 0.250 e. The molecule has 3 rings (SSSR count). The molecule has 1 aliphatic heterocycles. The number of hydrogen-bond donors (Lipinski definition) is 2. The Morgan fingerprint density at radius 2 is 2.16 bits per heavy atom. The first-order valence-corrected chi connectivity index (χ1v) is 6.64. The average molecular weight is 258 g/mol. The summed E-state index contributed by atoms with van der Waals surface area (Å²) in [6.07, 6.45) is 2.17. The van der Waals surface area contributed by atoms with Gasteiger partial charge in [0.25, 0.3) is 5.91 Å². The van der Waals surface area contributed by atoms with E-state index in [1.165, 1.54) is 0 Å². The van der Waals surface area contributed by atoms with E-state index in [2.05, 4.69) is 9.88 Å². The van der Waals surface area contributed by atoms with Gasteiger partial charge in [-0.2, -0.15) is 0 Å². The molecule has 1 aliphatic rings. The van der Waals surface area contributed by atoms with Crippen LogP contribution < -0.4 is 11.1 Å². The number of benzene rings is 1. The zero-order valence-corrected chi connectivity index (χ0v) is 11.0. The molecule has 5 nitrogen and oxygen atoms in total. The molecule has 0 radical (unpaired) electrons. The summed E-state index contributed by atoms with van der Waals surface area (Å²) in [5, 5.41) is 3.36. The van der Waals surface area contributed by atoms with Crippen LogP contribution >= 0.6 is 0 Å². The first-order valence-electron chi connectivity index (χ1n) is 6.64. The van der Waals surface area contributed by atoms with Crippen molar-refractivity contribution < 1.29 is 4.79 Å². The predicted molar refractivity (Wildman–Crippen MR) is 74.1 cm³/mol. The van der Waals surface area contributed by atoms with E-state index in [0.717, 1.165) is 42.8 Å². The van der Waals surface area contributed by atoms with Crippen LogP contribution in [0.1, 0.15) is 34.9 Å². The van der Waals surface area contributed by atoms with Crippen molar-refractivity contribution in [1.82, 2.24) is 14.9 Å². The van der Waals surface area contributed by atoms with Gasteiger partial charge in [0, 0.05) is 13.0 Å². The van der Waals surface area contributed by atoms with Crippen LogP contribution in [0, 0.1) is 0 Å². The minimum Gasteiger partial charge on any atom is -0.366 e. The summed E-state index contributed by atoms with van der Waals surface area (Å²) in [5.74, 6) is 1.10. The second kappa shape index (κ2) is 4.66. The molecule has 5 heteroatoms. The number of carbonyl (C=O) groups is 1. The van der Waals surface area contributed by atoms with Gasteiger partial charge in [0.2, 0.25) is 0 Å². The Kier molecular flexibility index (Phi) is 2.98. The quantitative estimate of drug-likeness (QED) is 0.848. The third-order valence-electron chi connectivity index (χ3n) is 3.92. The zero-order valence-electron chi connectivity index (χ0n) is 11.0. The minimum absolute atomic E-state index is 0.416. The van der Waals surface area contributed by atoms with Crippen LogP contribution in [0.5, 0.6) is 0 Å². The number of hydrogen-bond acceptors (Lipinski definition) is 3. The first kappa shape index (κ1) is 12.2. The summed E-state index contributed by atoms with van der Waals surface area (Å²) in [4.78, 5) is 16.2. The summed E-state index contributed by atoms with van der Waals surface area (Å²) in [6, 6.07) is 5.58. The number of imidazole rings is 1. The van der Waals surface area contributed by atoms with Crippen molar-refractivity contribution in [3.63, 3.8) is 0 Å². The van der Waals surface area contributed by atoms with Gasteiger partial charge in [-0.1, -0.05) is 6.07 Å². The molecule has 1 aromatic heterocycles. The second-order valence-electron chi connectivity index (χ2n) is 5.09. The summed E-state index contributed by atoms with van der Waals surface area (Å²) in [7, 11) is 2.01. The fourth-order valence-corrected chi connectivity index (χ4v) is 2.88. The number of rotatable bonds is 2. The lowest BCUT2D eigenvalue weighted by molar-refractivity contribution is 0.100. The molecule has 1 amide bonds. The number of aromatic nitrogens is 2. The van der Waals surface area contributed by atoms with E-state index in [1.54, 1.807) is 6.07 Å². The Balaban J connectivity index is 2.13. The maximum absolute atomic E-state index is 11.5. The SMILES string of the molecule is Cn1c(C2CCNCC2)nc2c(C(N)=O)cccc21. The molecule has 19 heavy (non-hydrogen) atoms. The molecular weight excluding hydrogens is 240 g/mol. The monoisotopic (exact) mass is 258 g/mol. The number of primary amides is 1. The van der Waals surface area contributed by atoms with Gasteiger partial charge in [0.05, 0.1) is 11.1 Å². The molecule has 0 atom stereocenters. The fraction of sp³-hybridized carbons (Fsp3) is 0.429. The molecule has 0 spiro atoms. The molecule has 3 N–H and O–H groups in total. The van der Waals surface area contributed by atoms with Crippen LogP contribution in [-0.2, 0) is 7.05 Å². The summed E-state index contributed by atoms with van der Waals surface area (Å²) in [6.45, 7) is 2.05. The Morgan fingerprint density at radius 1 is 1.42 bits per heavy atom. The molecule has 1 saturated heterocycles. The maximum atomic E-state index is 11.5. The highest BCUT2D eigenvalue weighted by atomic mass is 16.1. The molecule has 1 fully saturated rings. The van der Waals surface area contributed by atoms with Crippen molar-refractivity contribution in [3.05, 3.63) is 29.6 Å². The van der Waals surface area contributed by atoms with Gasteiger partial charge in [0.15, 0.2) is 0 Å². The third-order valence-corrected chi connectivity index (χ3v) is 3.92. The number of amides is 1. The van der Waals surface area contributed by atoms with E-state index in [1.807, 2.05) is 19.2 Å². The number of aryl methyl sites for hydroxylation is 1.